The van der Waals surface area contributed by atoms with Gasteiger partial charge in [0.2, 0.25) is 5.76 Å². The third kappa shape index (κ3) is 3.05. The molecular weight excluding hydrogens is 301 g/mol. The minimum absolute atomic E-state index is 0.0428. The third-order valence-electron chi connectivity index (χ3n) is 2.78. The van der Waals surface area contributed by atoms with Crippen molar-refractivity contribution >= 4 is 21.7 Å². The van der Waals surface area contributed by atoms with Crippen molar-refractivity contribution in [2.24, 2.45) is 0 Å². The van der Waals surface area contributed by atoms with E-state index in [1.165, 1.54) is 26.0 Å². The summed E-state index contributed by atoms with van der Waals surface area (Å²) >= 11 is 0. The van der Waals surface area contributed by atoms with Crippen LogP contribution in [0, 0.1) is 19.7 Å². The number of rotatable bonds is 4. The van der Waals surface area contributed by atoms with E-state index in [9.17, 15) is 17.6 Å². The van der Waals surface area contributed by atoms with Gasteiger partial charge in [0.25, 0.3) is 10.0 Å². The standard InChI is InChI=1S/C13H12FNO5S/c1-7-5-9(3-4-10(7)14)15-21(18,19)12-6-11(13(16)17)20-8(12)2/h3-6,15H,1-2H3,(H,16,17). The van der Waals surface area contributed by atoms with Crippen molar-refractivity contribution < 1.29 is 27.1 Å². The Bertz CT molecular complexity index is 810. The second-order valence-electron chi connectivity index (χ2n) is 4.41. The molecule has 8 heteroatoms. The molecule has 112 valence electrons. The molecular formula is C13H12FNO5S. The first-order chi connectivity index (χ1) is 9.70. The summed E-state index contributed by atoms with van der Waals surface area (Å²) in [6.45, 7) is 2.84. The number of nitrogens with one attached hydrogen (secondary N) is 1. The SMILES string of the molecule is Cc1cc(NS(=O)(=O)c2cc(C(=O)O)oc2C)ccc1F. The van der Waals surface area contributed by atoms with Gasteiger partial charge in [-0.15, -0.1) is 0 Å². The molecule has 0 saturated carbocycles. The van der Waals surface area contributed by atoms with Gasteiger partial charge in [-0.1, -0.05) is 0 Å². The maximum Gasteiger partial charge on any atom is 0.371 e. The molecule has 0 aliphatic rings. The molecule has 0 fully saturated rings. The van der Waals surface area contributed by atoms with Gasteiger partial charge in [0, 0.05) is 11.8 Å². The Morgan fingerprint density at radius 3 is 2.48 bits per heavy atom. The van der Waals surface area contributed by atoms with E-state index in [0.29, 0.717) is 0 Å². The highest BCUT2D eigenvalue weighted by atomic mass is 32.2. The van der Waals surface area contributed by atoms with Crippen LogP contribution in [0.15, 0.2) is 33.6 Å². The van der Waals surface area contributed by atoms with Gasteiger partial charge in [-0.25, -0.2) is 17.6 Å². The second kappa shape index (κ2) is 5.21. The van der Waals surface area contributed by atoms with Crippen molar-refractivity contribution in [3.63, 3.8) is 0 Å². The van der Waals surface area contributed by atoms with Crippen LogP contribution < -0.4 is 4.72 Å². The zero-order valence-corrected chi connectivity index (χ0v) is 12.0. The first-order valence-corrected chi connectivity index (χ1v) is 7.32. The van der Waals surface area contributed by atoms with E-state index in [-0.39, 0.29) is 21.9 Å². The molecule has 1 heterocycles. The number of aromatic carboxylic acids is 1. The summed E-state index contributed by atoms with van der Waals surface area (Å²) < 4.78 is 44.7. The number of halogens is 1. The van der Waals surface area contributed by atoms with Gasteiger partial charge < -0.3 is 9.52 Å². The summed E-state index contributed by atoms with van der Waals surface area (Å²) in [5, 5.41) is 8.79. The molecule has 0 aliphatic heterocycles. The fourth-order valence-electron chi connectivity index (χ4n) is 1.76. The van der Waals surface area contributed by atoms with Crippen molar-refractivity contribution in [3.8, 4) is 0 Å². The topological polar surface area (TPSA) is 96.6 Å². The highest BCUT2D eigenvalue weighted by Gasteiger charge is 2.24. The largest absolute Gasteiger partial charge is 0.475 e. The molecule has 0 radical (unpaired) electrons. The molecule has 0 bridgehead atoms. The van der Waals surface area contributed by atoms with Crippen LogP contribution in [0.4, 0.5) is 10.1 Å². The van der Waals surface area contributed by atoms with Crippen molar-refractivity contribution in [3.05, 3.63) is 47.2 Å². The lowest BCUT2D eigenvalue weighted by Crippen LogP contribution is -2.13. The molecule has 0 spiro atoms. The Hall–Kier alpha value is -2.35. The van der Waals surface area contributed by atoms with E-state index in [4.69, 9.17) is 9.52 Å². The van der Waals surface area contributed by atoms with E-state index in [0.717, 1.165) is 12.1 Å². The molecule has 0 atom stereocenters. The lowest BCUT2D eigenvalue weighted by molar-refractivity contribution is 0.0661. The maximum absolute atomic E-state index is 13.2. The Morgan fingerprint density at radius 2 is 1.95 bits per heavy atom. The van der Waals surface area contributed by atoms with E-state index in [2.05, 4.69) is 4.72 Å². The van der Waals surface area contributed by atoms with Crippen molar-refractivity contribution in [2.45, 2.75) is 18.7 Å². The Balaban J connectivity index is 2.38. The van der Waals surface area contributed by atoms with Crippen LogP contribution in [0.1, 0.15) is 21.9 Å². The molecule has 21 heavy (non-hydrogen) atoms. The number of carboxylic acid groups (broad SMARTS) is 1. The molecule has 0 amide bonds. The van der Waals surface area contributed by atoms with Crippen molar-refractivity contribution in [2.75, 3.05) is 4.72 Å². The summed E-state index contributed by atoms with van der Waals surface area (Å²) in [5.41, 5.74) is 0.455. The Morgan fingerprint density at radius 1 is 1.29 bits per heavy atom. The number of benzene rings is 1. The lowest BCUT2D eigenvalue weighted by atomic mass is 10.2. The second-order valence-corrected chi connectivity index (χ2v) is 6.06. The summed E-state index contributed by atoms with van der Waals surface area (Å²) in [4.78, 5) is 10.5. The van der Waals surface area contributed by atoms with Crippen molar-refractivity contribution in [1.82, 2.24) is 0 Å². The van der Waals surface area contributed by atoms with Crippen LogP contribution in [-0.2, 0) is 10.0 Å². The number of aryl methyl sites for hydroxylation is 2. The van der Waals surface area contributed by atoms with Gasteiger partial charge in [0.15, 0.2) is 0 Å². The summed E-state index contributed by atoms with van der Waals surface area (Å²) in [5.74, 6) is -2.33. The third-order valence-corrected chi connectivity index (χ3v) is 4.27. The number of sulfonamides is 1. The van der Waals surface area contributed by atoms with E-state index < -0.39 is 27.6 Å². The fraction of sp³-hybridized carbons (Fsp3) is 0.154. The zero-order chi connectivity index (χ0) is 15.8. The lowest BCUT2D eigenvalue weighted by Gasteiger charge is -2.08. The molecule has 0 saturated heterocycles. The minimum Gasteiger partial charge on any atom is -0.475 e. The summed E-state index contributed by atoms with van der Waals surface area (Å²) in [6.07, 6.45) is 0. The average molecular weight is 313 g/mol. The summed E-state index contributed by atoms with van der Waals surface area (Å²) in [7, 11) is -4.02. The minimum atomic E-state index is -4.02. The molecule has 1 aromatic heterocycles. The van der Waals surface area contributed by atoms with Gasteiger partial charge in [-0.05, 0) is 37.6 Å². The Kier molecular flexibility index (Phi) is 3.73. The first-order valence-electron chi connectivity index (χ1n) is 5.83. The molecule has 1 aromatic carbocycles. The summed E-state index contributed by atoms with van der Waals surface area (Å²) in [6, 6.07) is 4.67. The van der Waals surface area contributed by atoms with Crippen molar-refractivity contribution in [1.29, 1.82) is 0 Å². The monoisotopic (exact) mass is 313 g/mol. The van der Waals surface area contributed by atoms with Crippen LogP contribution in [-0.4, -0.2) is 19.5 Å². The van der Waals surface area contributed by atoms with Gasteiger partial charge in [-0.3, -0.25) is 4.72 Å². The highest BCUT2D eigenvalue weighted by Crippen LogP contribution is 2.23. The smallest absolute Gasteiger partial charge is 0.371 e. The zero-order valence-electron chi connectivity index (χ0n) is 11.2. The molecule has 2 rings (SSSR count). The van der Waals surface area contributed by atoms with Gasteiger partial charge >= 0.3 is 5.97 Å². The molecule has 2 aromatic rings. The van der Waals surface area contributed by atoms with E-state index in [1.54, 1.807) is 0 Å². The van der Waals surface area contributed by atoms with Crippen LogP contribution in [0.25, 0.3) is 0 Å². The molecule has 6 nitrogen and oxygen atoms in total. The number of anilines is 1. The fourth-order valence-corrected chi connectivity index (χ4v) is 2.99. The quantitative estimate of drug-likeness (QED) is 0.904. The van der Waals surface area contributed by atoms with Crippen LogP contribution >= 0.6 is 0 Å². The molecule has 2 N–H and O–H groups in total. The van der Waals surface area contributed by atoms with Crippen LogP contribution in [0.2, 0.25) is 0 Å². The number of carboxylic acids is 1. The predicted molar refractivity (Wildman–Crippen MR) is 72.3 cm³/mol. The Labute approximate surface area is 120 Å². The van der Waals surface area contributed by atoms with Crippen LogP contribution in [0.5, 0.6) is 0 Å². The maximum atomic E-state index is 13.2. The van der Waals surface area contributed by atoms with Gasteiger partial charge in [0.1, 0.15) is 16.5 Å². The normalized spacial score (nSPS) is 11.4. The first kappa shape index (κ1) is 15.0. The predicted octanol–water partition coefficient (Wildman–Crippen LogP) is 2.53. The number of hydrogen-bond donors (Lipinski definition) is 2. The highest BCUT2D eigenvalue weighted by molar-refractivity contribution is 7.92. The average Bonchev–Trinajstić information content (AvgIpc) is 2.77. The van der Waals surface area contributed by atoms with Gasteiger partial charge in [0.05, 0.1) is 0 Å². The van der Waals surface area contributed by atoms with E-state index in [1.807, 2.05) is 0 Å². The van der Waals surface area contributed by atoms with Crippen LogP contribution in [0.3, 0.4) is 0 Å². The number of carbonyl (C=O) groups is 1. The number of hydrogen-bond acceptors (Lipinski definition) is 4. The van der Waals surface area contributed by atoms with Gasteiger partial charge in [-0.2, -0.15) is 0 Å². The molecule has 0 aliphatic carbocycles. The van der Waals surface area contributed by atoms with E-state index >= 15 is 0 Å². The number of furan rings is 1. The molecule has 0 unspecified atom stereocenters.